The van der Waals surface area contributed by atoms with Crippen molar-refractivity contribution in [1.82, 2.24) is 5.32 Å². The lowest BCUT2D eigenvalue weighted by Crippen LogP contribution is -2.33. The maximum absolute atomic E-state index is 11.4. The molecule has 0 fully saturated rings. The van der Waals surface area contributed by atoms with Gasteiger partial charge in [-0.15, -0.1) is 0 Å². The number of rotatable bonds is 8. The molecule has 1 aromatic rings. The predicted molar refractivity (Wildman–Crippen MR) is 89.6 cm³/mol. The number of hydrogen-bond donors (Lipinski definition) is 2. The first-order valence-electron chi connectivity index (χ1n) is 7.84. The molecule has 5 heteroatoms. The molecule has 0 aliphatic carbocycles. The van der Waals surface area contributed by atoms with E-state index in [1.807, 2.05) is 45.0 Å². The summed E-state index contributed by atoms with van der Waals surface area (Å²) < 4.78 is 10.7. The molecule has 0 bridgehead atoms. The van der Waals surface area contributed by atoms with Crippen molar-refractivity contribution in [3.05, 3.63) is 24.3 Å². The number of anilines is 1. The largest absolute Gasteiger partial charge is 0.494 e. The normalized spacial score (nSPS) is 10.9. The number of benzene rings is 1. The predicted octanol–water partition coefficient (Wildman–Crippen LogP) is 3.80. The van der Waals surface area contributed by atoms with Gasteiger partial charge in [0.25, 0.3) is 0 Å². The number of amides is 1. The average molecular weight is 308 g/mol. The van der Waals surface area contributed by atoms with Crippen LogP contribution in [-0.4, -0.2) is 31.4 Å². The van der Waals surface area contributed by atoms with E-state index in [4.69, 9.17) is 9.47 Å². The van der Waals surface area contributed by atoms with Crippen LogP contribution in [0.5, 0.6) is 5.75 Å². The van der Waals surface area contributed by atoms with E-state index in [0.717, 1.165) is 37.4 Å². The molecular weight excluding hydrogens is 280 g/mol. The summed E-state index contributed by atoms with van der Waals surface area (Å²) in [6.45, 7) is 9.74. The van der Waals surface area contributed by atoms with Gasteiger partial charge in [0, 0.05) is 18.8 Å². The molecule has 0 aliphatic heterocycles. The fraction of sp³-hybridized carbons (Fsp3) is 0.588. The summed E-state index contributed by atoms with van der Waals surface area (Å²) in [6.07, 6.45) is 1.46. The van der Waals surface area contributed by atoms with Gasteiger partial charge >= 0.3 is 6.09 Å². The molecule has 1 rings (SSSR count). The molecule has 124 valence electrons. The quantitative estimate of drug-likeness (QED) is 0.717. The summed E-state index contributed by atoms with van der Waals surface area (Å²) in [6, 6.07) is 7.90. The Labute approximate surface area is 133 Å². The van der Waals surface area contributed by atoms with Crippen LogP contribution in [0.1, 0.15) is 40.5 Å². The van der Waals surface area contributed by atoms with Crippen molar-refractivity contribution >= 4 is 11.8 Å². The van der Waals surface area contributed by atoms with Crippen LogP contribution in [0.2, 0.25) is 0 Å². The van der Waals surface area contributed by atoms with Gasteiger partial charge in [-0.2, -0.15) is 0 Å². The third-order valence-corrected chi connectivity index (χ3v) is 2.68. The van der Waals surface area contributed by atoms with E-state index in [9.17, 15) is 4.79 Å². The Morgan fingerprint density at radius 1 is 1.14 bits per heavy atom. The molecule has 1 aromatic carbocycles. The molecule has 0 saturated heterocycles. The second-order valence-electron chi connectivity index (χ2n) is 6.08. The van der Waals surface area contributed by atoms with Crippen molar-refractivity contribution < 1.29 is 14.3 Å². The number of ether oxygens (including phenoxy) is 2. The third kappa shape index (κ3) is 8.39. The molecular formula is C17H28N2O3. The number of nitrogens with one attached hydrogen (secondary N) is 2. The first-order valence-corrected chi connectivity index (χ1v) is 7.84. The molecule has 0 aliphatic rings. The van der Waals surface area contributed by atoms with Crippen LogP contribution in [0.25, 0.3) is 0 Å². The molecule has 0 spiro atoms. The van der Waals surface area contributed by atoms with Crippen LogP contribution in [0.4, 0.5) is 10.5 Å². The van der Waals surface area contributed by atoms with Gasteiger partial charge in [0.05, 0.1) is 6.61 Å². The van der Waals surface area contributed by atoms with E-state index < -0.39 is 5.60 Å². The fourth-order valence-electron chi connectivity index (χ4n) is 1.71. The SMILES string of the molecule is CCCOc1ccc(NCCCNC(=O)OC(C)(C)C)cc1. The van der Waals surface area contributed by atoms with Crippen LogP contribution >= 0.6 is 0 Å². The van der Waals surface area contributed by atoms with Crippen molar-refractivity contribution in [2.24, 2.45) is 0 Å². The first kappa shape index (κ1) is 18.1. The monoisotopic (exact) mass is 308 g/mol. The molecule has 22 heavy (non-hydrogen) atoms. The van der Waals surface area contributed by atoms with Gasteiger partial charge in [-0.1, -0.05) is 6.92 Å². The highest BCUT2D eigenvalue weighted by Gasteiger charge is 2.15. The number of carbonyl (C=O) groups is 1. The summed E-state index contributed by atoms with van der Waals surface area (Å²) in [7, 11) is 0. The highest BCUT2D eigenvalue weighted by Crippen LogP contribution is 2.15. The molecule has 0 saturated carbocycles. The summed E-state index contributed by atoms with van der Waals surface area (Å²) in [5, 5.41) is 6.04. The van der Waals surface area contributed by atoms with E-state index in [-0.39, 0.29) is 6.09 Å². The van der Waals surface area contributed by atoms with E-state index >= 15 is 0 Å². The van der Waals surface area contributed by atoms with Crippen LogP contribution < -0.4 is 15.4 Å². The molecule has 5 nitrogen and oxygen atoms in total. The van der Waals surface area contributed by atoms with Gasteiger partial charge in [-0.3, -0.25) is 0 Å². The van der Waals surface area contributed by atoms with Crippen molar-refractivity contribution in [1.29, 1.82) is 0 Å². The van der Waals surface area contributed by atoms with Crippen LogP contribution in [0, 0.1) is 0 Å². The summed E-state index contributed by atoms with van der Waals surface area (Å²) in [5.74, 6) is 0.888. The summed E-state index contributed by atoms with van der Waals surface area (Å²) >= 11 is 0. The Morgan fingerprint density at radius 2 is 1.82 bits per heavy atom. The fourth-order valence-corrected chi connectivity index (χ4v) is 1.71. The second-order valence-corrected chi connectivity index (χ2v) is 6.08. The molecule has 0 unspecified atom stereocenters. The number of hydrogen-bond acceptors (Lipinski definition) is 4. The van der Waals surface area contributed by atoms with E-state index in [1.54, 1.807) is 0 Å². The van der Waals surface area contributed by atoms with Crippen molar-refractivity contribution in [2.45, 2.75) is 46.1 Å². The minimum absolute atomic E-state index is 0.370. The zero-order valence-electron chi connectivity index (χ0n) is 14.1. The molecule has 2 N–H and O–H groups in total. The zero-order chi connectivity index (χ0) is 16.4. The highest BCUT2D eigenvalue weighted by molar-refractivity contribution is 5.67. The Bertz CT molecular complexity index is 438. The Balaban J connectivity index is 2.15. The van der Waals surface area contributed by atoms with Crippen LogP contribution in [-0.2, 0) is 4.74 Å². The third-order valence-electron chi connectivity index (χ3n) is 2.68. The number of carbonyl (C=O) groups excluding carboxylic acids is 1. The van der Waals surface area contributed by atoms with Gasteiger partial charge in [0.1, 0.15) is 11.4 Å². The maximum Gasteiger partial charge on any atom is 0.407 e. The zero-order valence-corrected chi connectivity index (χ0v) is 14.1. The van der Waals surface area contributed by atoms with Crippen molar-refractivity contribution in [3.63, 3.8) is 0 Å². The minimum Gasteiger partial charge on any atom is -0.494 e. The van der Waals surface area contributed by atoms with Gasteiger partial charge in [-0.25, -0.2) is 4.79 Å². The average Bonchev–Trinajstić information content (AvgIpc) is 2.44. The van der Waals surface area contributed by atoms with Crippen molar-refractivity contribution in [2.75, 3.05) is 25.0 Å². The lowest BCUT2D eigenvalue weighted by Gasteiger charge is -2.19. The topological polar surface area (TPSA) is 59.6 Å². The highest BCUT2D eigenvalue weighted by atomic mass is 16.6. The van der Waals surface area contributed by atoms with Gasteiger partial charge in [-0.05, 0) is 57.9 Å². The lowest BCUT2D eigenvalue weighted by molar-refractivity contribution is 0.0528. The van der Waals surface area contributed by atoms with Gasteiger partial charge in [0.2, 0.25) is 0 Å². The lowest BCUT2D eigenvalue weighted by atomic mass is 10.2. The smallest absolute Gasteiger partial charge is 0.407 e. The molecule has 1 amide bonds. The van der Waals surface area contributed by atoms with Crippen LogP contribution in [0.3, 0.4) is 0 Å². The molecule has 0 aromatic heterocycles. The van der Waals surface area contributed by atoms with E-state index in [0.29, 0.717) is 6.54 Å². The first-order chi connectivity index (χ1) is 10.4. The summed E-state index contributed by atoms with van der Waals surface area (Å²) in [5.41, 5.74) is 0.588. The molecule has 0 atom stereocenters. The Morgan fingerprint density at radius 3 is 2.41 bits per heavy atom. The minimum atomic E-state index is -0.454. The van der Waals surface area contributed by atoms with E-state index in [1.165, 1.54) is 0 Å². The Hall–Kier alpha value is -1.91. The van der Waals surface area contributed by atoms with Crippen molar-refractivity contribution in [3.8, 4) is 5.75 Å². The summed E-state index contributed by atoms with van der Waals surface area (Å²) in [4.78, 5) is 11.4. The molecule has 0 radical (unpaired) electrons. The maximum atomic E-state index is 11.4. The van der Waals surface area contributed by atoms with E-state index in [2.05, 4.69) is 17.6 Å². The standard InChI is InChI=1S/C17H28N2O3/c1-5-13-21-15-9-7-14(8-10-15)18-11-6-12-19-16(20)22-17(2,3)4/h7-10,18H,5-6,11-13H2,1-4H3,(H,19,20). The second kappa shape index (κ2) is 9.18. The van der Waals surface area contributed by atoms with Gasteiger partial charge in [0.15, 0.2) is 0 Å². The number of alkyl carbamates (subject to hydrolysis) is 1. The molecule has 0 heterocycles. The Kier molecular flexibility index (Phi) is 7.57. The van der Waals surface area contributed by atoms with Gasteiger partial charge < -0.3 is 20.1 Å². The van der Waals surface area contributed by atoms with Crippen LogP contribution in [0.15, 0.2) is 24.3 Å².